The summed E-state index contributed by atoms with van der Waals surface area (Å²) in [6.45, 7) is 7.92. The molecule has 0 aliphatic rings. The van der Waals surface area contributed by atoms with Crippen LogP contribution in [0.25, 0.3) is 0 Å². The molecule has 0 unspecified atom stereocenters. The fourth-order valence-electron chi connectivity index (χ4n) is 5.52. The summed E-state index contributed by atoms with van der Waals surface area (Å²) in [6, 6.07) is 34.8. The maximum atomic E-state index is 14.5. The van der Waals surface area contributed by atoms with Crippen molar-refractivity contribution in [3.8, 4) is 0 Å². The van der Waals surface area contributed by atoms with Crippen LogP contribution in [0, 0.1) is 42.7 Å². The number of nitro benzene ring substituents is 1. The predicted octanol–water partition coefficient (Wildman–Crippen LogP) is 5.40. The number of rotatable bonds is 9. The van der Waals surface area contributed by atoms with Crippen molar-refractivity contribution in [1.82, 2.24) is 0 Å². The zero-order valence-corrected chi connectivity index (χ0v) is 27.4. The van der Waals surface area contributed by atoms with Gasteiger partial charge in [0.15, 0.2) is 0 Å². The number of carbonyl (C=O) groups is 1. The molecule has 5 aromatic rings. The van der Waals surface area contributed by atoms with E-state index >= 15 is 0 Å². The molecule has 1 N–H and O–H groups in total. The van der Waals surface area contributed by atoms with Gasteiger partial charge < -0.3 is 0 Å². The molecule has 222 valence electrons. The SMILES string of the molecule is Cc1cc[c]([Sb]([O][N+](=O)c2cc(C(=O)O)cc([N+](=O)[O-])c2)([c]2ccc(C)cc2)([c]2ccc(C)cc2)[c]2ccc(C)cc2)cc1. The van der Waals surface area contributed by atoms with E-state index in [-0.39, 0.29) is 10.6 Å². The van der Waals surface area contributed by atoms with E-state index in [1.165, 1.54) is 0 Å². The standard InChI is InChI=1S/C7H4N2O6.4C7H7.Sb/c10-7(11)4-1-5(8(12)13)3-6(2-4)9(14)15;4*1-7-5-3-2-4-6-7;/h1-3H,(H,10,11);4*3-6H,1H3;/q;;;;;+1. The van der Waals surface area contributed by atoms with E-state index in [4.69, 9.17) is 3.12 Å². The molecule has 9 heteroatoms. The average Bonchev–Trinajstić information content (AvgIpc) is 3.01. The molecule has 0 aliphatic carbocycles. The van der Waals surface area contributed by atoms with Gasteiger partial charge in [0.1, 0.15) is 0 Å². The summed E-state index contributed by atoms with van der Waals surface area (Å²) in [4.78, 5) is 37.8. The zero-order chi connectivity index (χ0) is 31.7. The molecule has 0 heterocycles. The molecule has 5 rings (SSSR count). The fraction of sp³-hybridized carbons (Fsp3) is 0.114. The first-order valence-electron chi connectivity index (χ1n) is 13.9. The zero-order valence-electron chi connectivity index (χ0n) is 24.8. The van der Waals surface area contributed by atoms with E-state index in [2.05, 4.69) is 0 Å². The van der Waals surface area contributed by atoms with Crippen LogP contribution in [0.4, 0.5) is 11.4 Å². The summed E-state index contributed by atoms with van der Waals surface area (Å²) in [5.41, 5.74) is 2.84. The molecule has 0 atom stereocenters. The molecule has 8 nitrogen and oxygen atoms in total. The Hall–Kier alpha value is -4.81. The van der Waals surface area contributed by atoms with E-state index in [0.717, 1.165) is 54.5 Å². The number of aryl methyl sites for hydroxylation is 4. The van der Waals surface area contributed by atoms with Crippen LogP contribution in [0.2, 0.25) is 0 Å². The Morgan fingerprint density at radius 2 is 0.909 bits per heavy atom. The molecule has 0 saturated heterocycles. The first-order chi connectivity index (χ1) is 20.9. The van der Waals surface area contributed by atoms with Gasteiger partial charge in [-0.3, -0.25) is 0 Å². The molecule has 44 heavy (non-hydrogen) atoms. The second-order valence-electron chi connectivity index (χ2n) is 11.0. The van der Waals surface area contributed by atoms with E-state index in [1.807, 2.05) is 125 Å². The Labute approximate surface area is 256 Å². The number of benzene rings is 5. The number of aromatic carboxylic acids is 1. The summed E-state index contributed by atoms with van der Waals surface area (Å²) < 4.78 is 10.2. The number of hydrogen-bond donors (Lipinski definition) is 1. The number of nitro groups is 1. The number of hydrogen-bond acceptors (Lipinski definition) is 5. The summed E-state index contributed by atoms with van der Waals surface area (Å²) in [5.74, 6) is -1.40. The Morgan fingerprint density at radius 3 is 1.20 bits per heavy atom. The first-order valence-corrected chi connectivity index (χ1v) is 20.1. The molecular formula is C35H32N2O6Sb+. The van der Waals surface area contributed by atoms with Gasteiger partial charge in [-0.05, 0) is 0 Å². The van der Waals surface area contributed by atoms with Crippen LogP contribution >= 0.6 is 0 Å². The van der Waals surface area contributed by atoms with Crippen molar-refractivity contribution >= 4 is 49.2 Å². The van der Waals surface area contributed by atoms with Crippen molar-refractivity contribution in [2.24, 2.45) is 0 Å². The first kappa shape index (κ1) is 30.6. The van der Waals surface area contributed by atoms with Crippen LogP contribution in [-0.4, -0.2) is 38.7 Å². The van der Waals surface area contributed by atoms with Gasteiger partial charge in [-0.1, -0.05) is 0 Å². The van der Waals surface area contributed by atoms with E-state index in [1.54, 1.807) is 0 Å². The quantitative estimate of drug-likeness (QED) is 0.126. The minimum absolute atomic E-state index is 0.278. The maximum absolute atomic E-state index is 14.5. The van der Waals surface area contributed by atoms with Gasteiger partial charge in [0.2, 0.25) is 0 Å². The average molecular weight is 698 g/mol. The van der Waals surface area contributed by atoms with Crippen molar-refractivity contribution in [2.45, 2.75) is 27.7 Å². The van der Waals surface area contributed by atoms with E-state index in [9.17, 15) is 24.9 Å². The van der Waals surface area contributed by atoms with Gasteiger partial charge in [-0.15, -0.1) is 0 Å². The van der Waals surface area contributed by atoms with Gasteiger partial charge in [0, 0.05) is 0 Å². The van der Waals surface area contributed by atoms with Gasteiger partial charge in [0.05, 0.1) is 0 Å². The van der Waals surface area contributed by atoms with E-state index < -0.39 is 40.0 Å². The molecule has 0 spiro atoms. The monoisotopic (exact) mass is 697 g/mol. The minimum atomic E-state index is -5.78. The Bertz CT molecular complexity index is 1660. The number of carboxylic acid groups (broad SMARTS) is 1. The molecule has 0 radical (unpaired) electrons. The van der Waals surface area contributed by atoms with Gasteiger partial charge in [-0.25, -0.2) is 0 Å². The number of nitrogens with zero attached hydrogens (tertiary/aromatic N) is 2. The van der Waals surface area contributed by atoms with Crippen LogP contribution in [-0.2, 0) is 3.12 Å². The molecule has 0 aliphatic heterocycles. The molecule has 0 saturated carbocycles. The topological polar surface area (TPSA) is 110 Å². The summed E-state index contributed by atoms with van der Waals surface area (Å²) in [6.07, 6.45) is 0. The van der Waals surface area contributed by atoms with Crippen LogP contribution in [0.1, 0.15) is 32.6 Å². The van der Waals surface area contributed by atoms with Crippen molar-refractivity contribution < 1.29 is 22.9 Å². The third kappa shape index (κ3) is 5.16. The summed E-state index contributed by atoms with van der Waals surface area (Å²) in [5, 5.41) is 21.5. The van der Waals surface area contributed by atoms with E-state index in [0.29, 0.717) is 0 Å². The normalized spacial score (nSPS) is 12.1. The molecule has 0 aromatic heterocycles. The van der Waals surface area contributed by atoms with Crippen molar-refractivity contribution in [2.75, 3.05) is 0 Å². The molecule has 0 fully saturated rings. The predicted molar refractivity (Wildman–Crippen MR) is 173 cm³/mol. The fourth-order valence-corrected chi connectivity index (χ4v) is 21.0. The van der Waals surface area contributed by atoms with Crippen molar-refractivity contribution in [3.63, 3.8) is 0 Å². The van der Waals surface area contributed by atoms with Gasteiger partial charge in [0.25, 0.3) is 0 Å². The third-order valence-electron chi connectivity index (χ3n) is 7.92. The Balaban J connectivity index is 1.98. The molecule has 0 amide bonds. The van der Waals surface area contributed by atoms with Crippen LogP contribution < -0.4 is 14.0 Å². The summed E-state index contributed by atoms with van der Waals surface area (Å²) in [7, 11) is 0. The molecule has 5 aromatic carbocycles. The van der Waals surface area contributed by atoms with Gasteiger partial charge in [-0.2, -0.15) is 0 Å². The Kier molecular flexibility index (Phi) is 8.15. The number of carboxylic acids is 1. The second kappa shape index (κ2) is 11.7. The van der Waals surface area contributed by atoms with Crippen LogP contribution in [0.3, 0.4) is 0 Å². The summed E-state index contributed by atoms with van der Waals surface area (Å²) >= 11 is -5.78. The van der Waals surface area contributed by atoms with Crippen LogP contribution in [0.5, 0.6) is 0 Å². The van der Waals surface area contributed by atoms with Crippen molar-refractivity contribution in [1.29, 1.82) is 0 Å². The van der Waals surface area contributed by atoms with Crippen molar-refractivity contribution in [3.05, 3.63) is 158 Å². The van der Waals surface area contributed by atoms with Crippen LogP contribution in [0.15, 0.2) is 115 Å². The second-order valence-corrected chi connectivity index (χ2v) is 23.3. The Morgan fingerprint density at radius 1 is 0.591 bits per heavy atom. The van der Waals surface area contributed by atoms with Gasteiger partial charge >= 0.3 is 258 Å². The number of non-ortho nitro benzene ring substituents is 1. The molecular weight excluding hydrogens is 666 g/mol. The molecule has 0 bridgehead atoms. The third-order valence-corrected chi connectivity index (χ3v) is 23.9.